The first-order valence-corrected chi connectivity index (χ1v) is 10.9. The monoisotopic (exact) mass is 422 g/mol. The molecule has 2 aromatic rings. The van der Waals surface area contributed by atoms with Crippen molar-refractivity contribution in [1.29, 1.82) is 0 Å². The topological polar surface area (TPSA) is 98.7 Å². The van der Waals surface area contributed by atoms with Gasteiger partial charge in [-0.15, -0.1) is 0 Å². The zero-order valence-electron chi connectivity index (χ0n) is 17.6. The summed E-state index contributed by atoms with van der Waals surface area (Å²) in [5.41, 5.74) is 0.762. The van der Waals surface area contributed by atoms with Crippen molar-refractivity contribution >= 4 is 40.5 Å². The lowest BCUT2D eigenvalue weighted by molar-refractivity contribution is -0.131. The maximum absolute atomic E-state index is 13.2. The van der Waals surface area contributed by atoms with E-state index in [1.54, 1.807) is 4.90 Å². The van der Waals surface area contributed by atoms with Gasteiger partial charge in [-0.05, 0) is 31.4 Å². The number of imide groups is 1. The second kappa shape index (κ2) is 7.47. The standard InChI is InChI=1S/C22H26N6O3/c1-26-12-6-13-27(19-18(26)23-15-7-2-3-8-16(15)24-19)17(29)9-14-28-20(30)22(25-21(28)31)10-4-5-11-22/h2-3,7-8H,4-6,9-14H2,1H3,(H,25,31). The van der Waals surface area contributed by atoms with Crippen LogP contribution in [0.4, 0.5) is 16.4 Å². The van der Waals surface area contributed by atoms with Crippen LogP contribution < -0.4 is 15.1 Å². The molecule has 0 unspecified atom stereocenters. The third-order valence-electron chi connectivity index (χ3n) is 6.58. The molecule has 1 aliphatic carbocycles. The van der Waals surface area contributed by atoms with Crippen molar-refractivity contribution in [2.24, 2.45) is 0 Å². The number of carbonyl (C=O) groups excluding carboxylic acids is 3. The molecule has 0 radical (unpaired) electrons. The van der Waals surface area contributed by atoms with Crippen molar-refractivity contribution in [3.05, 3.63) is 24.3 Å². The molecule has 0 atom stereocenters. The van der Waals surface area contributed by atoms with Crippen LogP contribution in [0.1, 0.15) is 38.5 Å². The van der Waals surface area contributed by atoms with Crippen molar-refractivity contribution < 1.29 is 14.4 Å². The Bertz CT molecular complexity index is 1060. The lowest BCUT2D eigenvalue weighted by Gasteiger charge is -2.24. The smallest absolute Gasteiger partial charge is 0.325 e. The normalized spacial score (nSPS) is 20.4. The summed E-state index contributed by atoms with van der Waals surface area (Å²) in [6, 6.07) is 7.21. The molecule has 9 nitrogen and oxygen atoms in total. The SMILES string of the molecule is CN1CCCN(C(=O)CCN2C(=O)NC3(CCCC3)C2=O)c2nc3ccccc3nc21. The van der Waals surface area contributed by atoms with Crippen LogP contribution in [0.5, 0.6) is 0 Å². The molecule has 1 N–H and O–H groups in total. The van der Waals surface area contributed by atoms with Crippen molar-refractivity contribution in [3.63, 3.8) is 0 Å². The quantitative estimate of drug-likeness (QED) is 0.761. The molecule has 2 fully saturated rings. The molecule has 5 rings (SSSR count). The van der Waals surface area contributed by atoms with E-state index in [9.17, 15) is 14.4 Å². The molecule has 9 heteroatoms. The molecule has 0 bridgehead atoms. The Labute approximate surface area is 180 Å². The summed E-state index contributed by atoms with van der Waals surface area (Å²) < 4.78 is 0. The number of fused-ring (bicyclic) bond motifs is 2. The Morgan fingerprint density at radius 3 is 2.42 bits per heavy atom. The molecule has 2 aliphatic heterocycles. The molecule has 1 saturated carbocycles. The van der Waals surface area contributed by atoms with Crippen molar-refractivity contribution in [2.75, 3.05) is 36.5 Å². The third kappa shape index (κ3) is 3.28. The largest absolute Gasteiger partial charge is 0.357 e. The molecule has 3 aliphatic rings. The van der Waals surface area contributed by atoms with Crippen LogP contribution in [0, 0.1) is 0 Å². The molecule has 3 heterocycles. The van der Waals surface area contributed by atoms with E-state index in [-0.39, 0.29) is 30.8 Å². The molecular weight excluding hydrogens is 396 g/mol. The van der Waals surface area contributed by atoms with E-state index in [1.807, 2.05) is 36.2 Å². The van der Waals surface area contributed by atoms with Gasteiger partial charge in [0, 0.05) is 33.1 Å². The minimum Gasteiger partial charge on any atom is -0.357 e. The van der Waals surface area contributed by atoms with Crippen LogP contribution in [0.3, 0.4) is 0 Å². The number of urea groups is 1. The fourth-order valence-corrected chi connectivity index (χ4v) is 4.88. The summed E-state index contributed by atoms with van der Waals surface area (Å²) >= 11 is 0. The van der Waals surface area contributed by atoms with Gasteiger partial charge in [-0.25, -0.2) is 14.8 Å². The van der Waals surface area contributed by atoms with E-state index < -0.39 is 5.54 Å². The third-order valence-corrected chi connectivity index (χ3v) is 6.58. The highest BCUT2D eigenvalue weighted by Gasteiger charge is 2.52. The van der Waals surface area contributed by atoms with Gasteiger partial charge in [0.2, 0.25) is 5.91 Å². The summed E-state index contributed by atoms with van der Waals surface area (Å²) in [6.07, 6.45) is 4.07. The Morgan fingerprint density at radius 1 is 1.03 bits per heavy atom. The molecule has 162 valence electrons. The maximum atomic E-state index is 13.2. The number of benzene rings is 1. The zero-order chi connectivity index (χ0) is 21.6. The first kappa shape index (κ1) is 19.7. The Balaban J connectivity index is 1.37. The second-order valence-electron chi connectivity index (χ2n) is 8.61. The average molecular weight is 422 g/mol. The van der Waals surface area contributed by atoms with E-state index in [0.717, 1.165) is 36.8 Å². The van der Waals surface area contributed by atoms with Crippen LogP contribution >= 0.6 is 0 Å². The molecule has 1 spiro atoms. The number of aromatic nitrogens is 2. The van der Waals surface area contributed by atoms with Gasteiger partial charge in [0.25, 0.3) is 5.91 Å². The number of nitrogens with zero attached hydrogens (tertiary/aromatic N) is 5. The number of amides is 4. The minimum atomic E-state index is -0.748. The average Bonchev–Trinajstić information content (AvgIpc) is 3.28. The lowest BCUT2D eigenvalue weighted by atomic mass is 9.98. The van der Waals surface area contributed by atoms with Gasteiger partial charge in [0.1, 0.15) is 5.54 Å². The van der Waals surface area contributed by atoms with Gasteiger partial charge < -0.3 is 10.2 Å². The molecule has 1 aromatic carbocycles. The highest BCUT2D eigenvalue weighted by atomic mass is 16.2. The molecule has 1 aromatic heterocycles. The van der Waals surface area contributed by atoms with Crippen LogP contribution in [0.25, 0.3) is 11.0 Å². The summed E-state index contributed by atoms with van der Waals surface area (Å²) in [5, 5.41) is 2.87. The molecular formula is C22H26N6O3. The van der Waals surface area contributed by atoms with Gasteiger partial charge in [0.05, 0.1) is 11.0 Å². The Hall–Kier alpha value is -3.23. The van der Waals surface area contributed by atoms with E-state index in [4.69, 9.17) is 9.97 Å². The summed E-state index contributed by atoms with van der Waals surface area (Å²) in [7, 11) is 1.95. The van der Waals surface area contributed by atoms with Crippen LogP contribution in [-0.2, 0) is 9.59 Å². The van der Waals surface area contributed by atoms with Crippen molar-refractivity contribution in [2.45, 2.75) is 44.1 Å². The lowest BCUT2D eigenvalue weighted by Crippen LogP contribution is -2.44. The van der Waals surface area contributed by atoms with Crippen LogP contribution in [0.2, 0.25) is 0 Å². The van der Waals surface area contributed by atoms with E-state index in [2.05, 4.69) is 5.32 Å². The second-order valence-corrected chi connectivity index (χ2v) is 8.61. The van der Waals surface area contributed by atoms with Gasteiger partial charge in [-0.1, -0.05) is 25.0 Å². The number of hydrogen-bond acceptors (Lipinski definition) is 6. The fraction of sp³-hybridized carbons (Fsp3) is 0.500. The van der Waals surface area contributed by atoms with E-state index >= 15 is 0 Å². The van der Waals surface area contributed by atoms with Crippen molar-refractivity contribution in [3.8, 4) is 0 Å². The predicted molar refractivity (Wildman–Crippen MR) is 116 cm³/mol. The maximum Gasteiger partial charge on any atom is 0.325 e. The summed E-state index contributed by atoms with van der Waals surface area (Å²) in [4.78, 5) is 52.8. The van der Waals surface area contributed by atoms with Gasteiger partial charge in [-0.3, -0.25) is 19.4 Å². The van der Waals surface area contributed by atoms with Gasteiger partial charge >= 0.3 is 6.03 Å². The summed E-state index contributed by atoms with van der Waals surface area (Å²) in [6.45, 7) is 1.36. The molecule has 1 saturated heterocycles. The molecule has 4 amide bonds. The number of para-hydroxylation sites is 2. The Morgan fingerprint density at radius 2 is 1.71 bits per heavy atom. The van der Waals surface area contributed by atoms with Crippen molar-refractivity contribution in [1.82, 2.24) is 20.2 Å². The van der Waals surface area contributed by atoms with Gasteiger partial charge in [0.15, 0.2) is 11.6 Å². The van der Waals surface area contributed by atoms with Crippen LogP contribution in [-0.4, -0.2) is 64.9 Å². The minimum absolute atomic E-state index is 0.0624. The first-order chi connectivity index (χ1) is 15.0. The number of nitrogens with one attached hydrogen (secondary N) is 1. The van der Waals surface area contributed by atoms with Gasteiger partial charge in [-0.2, -0.15) is 0 Å². The highest BCUT2D eigenvalue weighted by Crippen LogP contribution is 2.35. The number of anilines is 2. The zero-order valence-corrected chi connectivity index (χ0v) is 17.6. The molecule has 31 heavy (non-hydrogen) atoms. The first-order valence-electron chi connectivity index (χ1n) is 10.9. The predicted octanol–water partition coefficient (Wildman–Crippen LogP) is 2.06. The number of hydrogen-bond donors (Lipinski definition) is 1. The summed E-state index contributed by atoms with van der Waals surface area (Å²) in [5.74, 6) is 0.858. The van der Waals surface area contributed by atoms with E-state index in [0.29, 0.717) is 31.0 Å². The Kier molecular flexibility index (Phi) is 4.75. The van der Waals surface area contributed by atoms with E-state index in [1.165, 1.54) is 4.90 Å². The van der Waals surface area contributed by atoms with Crippen LogP contribution in [0.15, 0.2) is 24.3 Å². The number of rotatable bonds is 3. The highest BCUT2D eigenvalue weighted by molar-refractivity contribution is 6.07. The number of carbonyl (C=O) groups is 3. The fourth-order valence-electron chi connectivity index (χ4n) is 4.88.